The van der Waals surface area contributed by atoms with Crippen molar-refractivity contribution in [3.8, 4) is 0 Å². The van der Waals surface area contributed by atoms with Crippen LogP contribution in [0.15, 0.2) is 48.5 Å². The molecular formula is C18H15ClF3NO2. The summed E-state index contributed by atoms with van der Waals surface area (Å²) in [6, 6.07) is 11.3. The van der Waals surface area contributed by atoms with Gasteiger partial charge in [-0.15, -0.1) is 0 Å². The number of alkyl halides is 3. The number of nitrogens with one attached hydrogen (secondary N) is 1. The normalized spacial score (nSPS) is 23.6. The molecule has 1 saturated heterocycles. The second kappa shape index (κ2) is 6.35. The number of carbonyl (C=O) groups is 1. The molecule has 2 unspecified atom stereocenters. The summed E-state index contributed by atoms with van der Waals surface area (Å²) in [5.74, 6) is -0.389. The van der Waals surface area contributed by atoms with E-state index in [1.807, 2.05) is 0 Å². The molecule has 7 heteroatoms. The summed E-state index contributed by atoms with van der Waals surface area (Å²) >= 11 is 6.26. The fourth-order valence-electron chi connectivity index (χ4n) is 2.91. The van der Waals surface area contributed by atoms with Crippen LogP contribution in [0.25, 0.3) is 0 Å². The zero-order valence-electron chi connectivity index (χ0n) is 13.2. The number of carbonyl (C=O) groups excluding carboxylic acids is 1. The number of halogens is 4. The number of ether oxygens (including phenoxy) is 1. The highest BCUT2D eigenvalue weighted by Gasteiger charge is 2.49. The topological polar surface area (TPSA) is 38.3 Å². The number of hydrogen-bond acceptors (Lipinski definition) is 2. The number of amides is 1. The summed E-state index contributed by atoms with van der Waals surface area (Å²) < 4.78 is 45.3. The molecule has 0 saturated carbocycles. The minimum Gasteiger partial charge on any atom is -0.334 e. The Bertz CT molecular complexity index is 809. The van der Waals surface area contributed by atoms with Gasteiger partial charge in [-0.1, -0.05) is 48.9 Å². The molecule has 1 amide bonds. The van der Waals surface area contributed by atoms with Gasteiger partial charge in [-0.2, -0.15) is 13.2 Å². The van der Waals surface area contributed by atoms with Crippen LogP contribution in [0.2, 0.25) is 5.02 Å². The lowest BCUT2D eigenvalue weighted by Crippen LogP contribution is -2.41. The van der Waals surface area contributed by atoms with Crippen LogP contribution in [0.1, 0.15) is 30.0 Å². The molecule has 2 atom stereocenters. The fraction of sp³-hybridized carbons (Fsp3) is 0.278. The predicted molar refractivity (Wildman–Crippen MR) is 87.0 cm³/mol. The number of hydrogen-bond donors (Lipinski definition) is 1. The van der Waals surface area contributed by atoms with Gasteiger partial charge in [0.15, 0.2) is 5.72 Å². The molecule has 3 nitrogen and oxygen atoms in total. The first-order valence-corrected chi connectivity index (χ1v) is 8.08. The van der Waals surface area contributed by atoms with Crippen LogP contribution in [0.5, 0.6) is 0 Å². The molecule has 0 radical (unpaired) electrons. The Kier molecular flexibility index (Phi) is 4.51. The summed E-state index contributed by atoms with van der Waals surface area (Å²) in [7, 11) is 0. The predicted octanol–water partition coefficient (Wildman–Crippen LogP) is 4.48. The highest BCUT2D eigenvalue weighted by Crippen LogP contribution is 2.41. The lowest BCUT2D eigenvalue weighted by atomic mass is 9.93. The maximum atomic E-state index is 13.1. The van der Waals surface area contributed by atoms with Crippen molar-refractivity contribution in [3.63, 3.8) is 0 Å². The average Bonchev–Trinajstić information content (AvgIpc) is 2.92. The molecule has 1 fully saturated rings. The zero-order chi connectivity index (χ0) is 18.2. The smallest absolute Gasteiger partial charge is 0.334 e. The molecule has 0 aliphatic carbocycles. The van der Waals surface area contributed by atoms with Crippen molar-refractivity contribution >= 4 is 17.5 Å². The van der Waals surface area contributed by atoms with Crippen LogP contribution in [-0.4, -0.2) is 12.0 Å². The highest BCUT2D eigenvalue weighted by atomic mass is 35.5. The summed E-state index contributed by atoms with van der Waals surface area (Å²) in [6.45, 7) is 1.76. The first-order valence-electron chi connectivity index (χ1n) is 7.70. The lowest BCUT2D eigenvalue weighted by Gasteiger charge is -2.31. The summed E-state index contributed by atoms with van der Waals surface area (Å²) in [6.07, 6.45) is -4.90. The van der Waals surface area contributed by atoms with Gasteiger partial charge in [0, 0.05) is 16.1 Å². The number of rotatable bonds is 3. The van der Waals surface area contributed by atoms with Crippen LogP contribution in [-0.2, 0) is 21.4 Å². The Hall–Kier alpha value is -2.05. The molecule has 3 rings (SSSR count). The third-order valence-electron chi connectivity index (χ3n) is 4.13. The van der Waals surface area contributed by atoms with E-state index in [1.165, 1.54) is 12.1 Å². The van der Waals surface area contributed by atoms with E-state index in [9.17, 15) is 18.0 Å². The first kappa shape index (κ1) is 17.8. The molecule has 132 valence electrons. The Morgan fingerprint density at radius 2 is 1.92 bits per heavy atom. The summed E-state index contributed by atoms with van der Waals surface area (Å²) in [5, 5.41) is 3.00. The fourth-order valence-corrected chi connectivity index (χ4v) is 3.18. The third-order valence-corrected chi connectivity index (χ3v) is 4.46. The molecule has 1 aliphatic rings. The van der Waals surface area contributed by atoms with Crippen LogP contribution < -0.4 is 5.32 Å². The third kappa shape index (κ3) is 3.12. The molecule has 2 aromatic carbocycles. The van der Waals surface area contributed by atoms with Gasteiger partial charge in [0.1, 0.15) is 6.10 Å². The molecule has 25 heavy (non-hydrogen) atoms. The van der Waals surface area contributed by atoms with Gasteiger partial charge >= 0.3 is 6.18 Å². The van der Waals surface area contributed by atoms with Crippen molar-refractivity contribution in [2.24, 2.45) is 0 Å². The molecular weight excluding hydrogens is 355 g/mol. The van der Waals surface area contributed by atoms with Crippen LogP contribution >= 0.6 is 11.6 Å². The van der Waals surface area contributed by atoms with Crippen molar-refractivity contribution in [1.29, 1.82) is 0 Å². The van der Waals surface area contributed by atoms with Gasteiger partial charge in [0.2, 0.25) is 0 Å². The van der Waals surface area contributed by atoms with Gasteiger partial charge in [-0.05, 0) is 24.6 Å². The van der Waals surface area contributed by atoms with Crippen LogP contribution in [0, 0.1) is 0 Å². The largest absolute Gasteiger partial charge is 0.416 e. The zero-order valence-corrected chi connectivity index (χ0v) is 14.0. The van der Waals surface area contributed by atoms with E-state index >= 15 is 0 Å². The SMILES string of the molecule is CCC1OC(c2cccc(C(F)(F)F)c2)(c2ccccc2Cl)NC1=O. The molecule has 0 bridgehead atoms. The van der Waals surface area contributed by atoms with Crippen molar-refractivity contribution in [2.75, 3.05) is 0 Å². The molecule has 0 aromatic heterocycles. The Labute approximate surface area is 147 Å². The second-order valence-corrected chi connectivity index (χ2v) is 6.15. The molecule has 2 aromatic rings. The summed E-state index contributed by atoms with van der Waals surface area (Å²) in [4.78, 5) is 12.3. The van der Waals surface area contributed by atoms with E-state index in [4.69, 9.17) is 16.3 Å². The van der Waals surface area contributed by atoms with E-state index in [2.05, 4.69) is 5.32 Å². The van der Waals surface area contributed by atoms with Gasteiger partial charge in [-0.25, -0.2) is 0 Å². The van der Waals surface area contributed by atoms with Crippen molar-refractivity contribution in [3.05, 3.63) is 70.2 Å². The van der Waals surface area contributed by atoms with Gasteiger partial charge < -0.3 is 10.1 Å². The van der Waals surface area contributed by atoms with Gasteiger partial charge in [-0.3, -0.25) is 4.79 Å². The minimum absolute atomic E-state index is 0.166. The molecule has 1 aliphatic heterocycles. The monoisotopic (exact) mass is 369 g/mol. The number of benzene rings is 2. The van der Waals surface area contributed by atoms with Crippen molar-refractivity contribution in [2.45, 2.75) is 31.3 Å². The maximum Gasteiger partial charge on any atom is 0.416 e. The Morgan fingerprint density at radius 3 is 2.52 bits per heavy atom. The van der Waals surface area contributed by atoms with E-state index in [0.29, 0.717) is 12.0 Å². The molecule has 0 spiro atoms. The maximum absolute atomic E-state index is 13.1. The second-order valence-electron chi connectivity index (χ2n) is 5.74. The van der Waals surface area contributed by atoms with E-state index in [-0.39, 0.29) is 16.5 Å². The Morgan fingerprint density at radius 1 is 1.20 bits per heavy atom. The minimum atomic E-state index is -4.51. The van der Waals surface area contributed by atoms with E-state index in [0.717, 1.165) is 12.1 Å². The van der Waals surface area contributed by atoms with Crippen molar-refractivity contribution in [1.82, 2.24) is 5.32 Å². The van der Waals surface area contributed by atoms with Crippen LogP contribution in [0.3, 0.4) is 0 Å². The standard InChI is InChI=1S/C18H15ClF3NO2/c1-2-15-16(24)23-17(25-15,13-8-3-4-9-14(13)19)11-6-5-7-12(10-11)18(20,21)22/h3-10,15H,2H2,1H3,(H,23,24). The van der Waals surface area contributed by atoms with E-state index < -0.39 is 23.6 Å². The molecule has 1 N–H and O–H groups in total. The Balaban J connectivity index is 2.21. The van der Waals surface area contributed by atoms with Crippen LogP contribution in [0.4, 0.5) is 13.2 Å². The average molecular weight is 370 g/mol. The lowest BCUT2D eigenvalue weighted by molar-refractivity contribution is -0.137. The first-order chi connectivity index (χ1) is 11.8. The quantitative estimate of drug-likeness (QED) is 0.866. The molecule has 1 heterocycles. The van der Waals surface area contributed by atoms with Gasteiger partial charge in [0.05, 0.1) is 5.56 Å². The van der Waals surface area contributed by atoms with E-state index in [1.54, 1.807) is 31.2 Å². The summed E-state index contributed by atoms with van der Waals surface area (Å²) in [5.41, 5.74) is -1.83. The van der Waals surface area contributed by atoms with Gasteiger partial charge in [0.25, 0.3) is 5.91 Å². The van der Waals surface area contributed by atoms with Crippen molar-refractivity contribution < 1.29 is 22.7 Å². The highest BCUT2D eigenvalue weighted by molar-refractivity contribution is 6.31.